The van der Waals surface area contributed by atoms with E-state index in [1.54, 1.807) is 12.1 Å². The van der Waals surface area contributed by atoms with Crippen molar-refractivity contribution < 1.29 is 23.5 Å². The molecule has 0 aromatic heterocycles. The number of benzene rings is 2. The zero-order chi connectivity index (χ0) is 18.9. The van der Waals surface area contributed by atoms with Gasteiger partial charge >= 0.3 is 11.9 Å². The molecule has 2 aromatic carbocycles. The Balaban J connectivity index is 1.80. The molecular formula is C20H20ClFO4. The van der Waals surface area contributed by atoms with Crippen LogP contribution in [0.4, 0.5) is 4.39 Å². The highest BCUT2D eigenvalue weighted by atomic mass is 35.5. The molecule has 0 radical (unpaired) electrons. The average Bonchev–Trinajstić information content (AvgIpc) is 2.60. The van der Waals surface area contributed by atoms with Crippen molar-refractivity contribution in [3.05, 3.63) is 58.9 Å². The van der Waals surface area contributed by atoms with Gasteiger partial charge in [0.2, 0.25) is 0 Å². The Morgan fingerprint density at radius 1 is 1.00 bits per heavy atom. The maximum absolute atomic E-state index is 13.6. The molecule has 0 atom stereocenters. The van der Waals surface area contributed by atoms with Crippen LogP contribution in [0.2, 0.25) is 5.02 Å². The first kappa shape index (κ1) is 19.9. The van der Waals surface area contributed by atoms with Crippen molar-refractivity contribution in [3.8, 4) is 11.5 Å². The molecule has 6 heteroatoms. The summed E-state index contributed by atoms with van der Waals surface area (Å²) < 4.78 is 23.9. The third-order valence-electron chi connectivity index (χ3n) is 3.61. The molecule has 0 bridgehead atoms. The minimum atomic E-state index is -0.710. The quantitative estimate of drug-likeness (QED) is 0.473. The molecule has 0 saturated heterocycles. The van der Waals surface area contributed by atoms with Gasteiger partial charge in [0, 0.05) is 12.8 Å². The van der Waals surface area contributed by atoms with E-state index in [0.717, 1.165) is 24.5 Å². The Morgan fingerprint density at radius 3 is 2.38 bits per heavy atom. The van der Waals surface area contributed by atoms with E-state index in [0.29, 0.717) is 5.75 Å². The van der Waals surface area contributed by atoms with Crippen LogP contribution in [0.1, 0.15) is 38.2 Å². The fourth-order valence-corrected chi connectivity index (χ4v) is 2.58. The first-order chi connectivity index (χ1) is 12.5. The van der Waals surface area contributed by atoms with Gasteiger partial charge in [0.1, 0.15) is 5.75 Å². The summed E-state index contributed by atoms with van der Waals surface area (Å²) in [6.07, 6.45) is 2.01. The minimum absolute atomic E-state index is 0.0188. The first-order valence-electron chi connectivity index (χ1n) is 8.44. The summed E-state index contributed by atoms with van der Waals surface area (Å²) in [5.41, 5.74) is 0.969. The maximum Gasteiger partial charge on any atom is 0.311 e. The second-order valence-electron chi connectivity index (χ2n) is 5.71. The van der Waals surface area contributed by atoms with Gasteiger partial charge in [0.15, 0.2) is 11.6 Å². The van der Waals surface area contributed by atoms with Gasteiger partial charge in [0.25, 0.3) is 0 Å². The van der Waals surface area contributed by atoms with Crippen molar-refractivity contribution in [1.82, 2.24) is 0 Å². The molecule has 0 aliphatic heterocycles. The number of halogens is 2. The summed E-state index contributed by atoms with van der Waals surface area (Å²) >= 11 is 5.80. The monoisotopic (exact) mass is 378 g/mol. The number of hydrogen-bond acceptors (Lipinski definition) is 4. The Morgan fingerprint density at radius 2 is 1.69 bits per heavy atom. The largest absolute Gasteiger partial charge is 0.426 e. The number of para-hydroxylation sites is 2. The predicted molar refractivity (Wildman–Crippen MR) is 97.0 cm³/mol. The van der Waals surface area contributed by atoms with Gasteiger partial charge in [-0.3, -0.25) is 9.59 Å². The lowest BCUT2D eigenvalue weighted by Crippen LogP contribution is -2.13. The Kier molecular flexibility index (Phi) is 7.60. The van der Waals surface area contributed by atoms with E-state index in [1.807, 2.05) is 19.1 Å². The summed E-state index contributed by atoms with van der Waals surface area (Å²) in [5.74, 6) is -1.55. The minimum Gasteiger partial charge on any atom is -0.426 e. The van der Waals surface area contributed by atoms with Crippen molar-refractivity contribution in [2.45, 2.75) is 39.0 Å². The number of ether oxygens (including phenoxy) is 2. The third kappa shape index (κ3) is 5.85. The van der Waals surface area contributed by atoms with Gasteiger partial charge in [-0.25, -0.2) is 4.39 Å². The fraction of sp³-hybridized carbons (Fsp3) is 0.300. The Labute approximate surface area is 156 Å². The highest BCUT2D eigenvalue weighted by molar-refractivity contribution is 6.32. The van der Waals surface area contributed by atoms with Gasteiger partial charge < -0.3 is 9.47 Å². The van der Waals surface area contributed by atoms with Crippen molar-refractivity contribution in [2.75, 3.05) is 0 Å². The molecular weight excluding hydrogens is 359 g/mol. The summed E-state index contributed by atoms with van der Waals surface area (Å²) in [5, 5.41) is 0.0188. The summed E-state index contributed by atoms with van der Waals surface area (Å²) in [7, 11) is 0. The van der Waals surface area contributed by atoms with Crippen LogP contribution in [0.15, 0.2) is 42.5 Å². The molecule has 2 aromatic rings. The van der Waals surface area contributed by atoms with E-state index in [4.69, 9.17) is 21.1 Å². The molecule has 0 saturated carbocycles. The highest BCUT2D eigenvalue weighted by Crippen LogP contribution is 2.27. The molecule has 0 amide bonds. The van der Waals surface area contributed by atoms with Crippen molar-refractivity contribution in [2.24, 2.45) is 0 Å². The number of carbonyl (C=O) groups excluding carboxylic acids is 2. The Hall–Kier alpha value is -2.40. The molecule has 0 N–H and O–H groups in total. The van der Waals surface area contributed by atoms with Crippen molar-refractivity contribution in [3.63, 3.8) is 0 Å². The summed E-state index contributed by atoms with van der Waals surface area (Å²) in [6.45, 7) is 2.05. The average molecular weight is 379 g/mol. The van der Waals surface area contributed by atoms with E-state index in [9.17, 15) is 14.0 Å². The smallest absolute Gasteiger partial charge is 0.311 e. The van der Waals surface area contributed by atoms with E-state index in [1.165, 1.54) is 12.1 Å². The molecule has 0 aliphatic rings. The molecule has 26 heavy (non-hydrogen) atoms. The normalized spacial score (nSPS) is 10.4. The number of esters is 2. The maximum atomic E-state index is 13.6. The van der Waals surface area contributed by atoms with Crippen LogP contribution < -0.4 is 9.47 Å². The van der Waals surface area contributed by atoms with Crippen LogP contribution in [0.3, 0.4) is 0 Å². The lowest BCUT2D eigenvalue weighted by Gasteiger charge is -2.09. The molecule has 2 rings (SSSR count). The first-order valence-corrected chi connectivity index (χ1v) is 8.82. The van der Waals surface area contributed by atoms with E-state index >= 15 is 0 Å². The van der Waals surface area contributed by atoms with Gasteiger partial charge in [0.05, 0.1) is 5.02 Å². The topological polar surface area (TPSA) is 52.6 Å². The zero-order valence-corrected chi connectivity index (χ0v) is 15.2. The number of carbonyl (C=O) groups is 2. The summed E-state index contributed by atoms with van der Waals surface area (Å²) in [4.78, 5) is 23.8. The van der Waals surface area contributed by atoms with E-state index in [2.05, 4.69) is 0 Å². The second kappa shape index (κ2) is 9.92. The second-order valence-corrected chi connectivity index (χ2v) is 6.12. The number of aryl methyl sites for hydroxylation is 1. The van der Waals surface area contributed by atoms with Crippen molar-refractivity contribution in [1.29, 1.82) is 0 Å². The van der Waals surface area contributed by atoms with Crippen LogP contribution in [-0.2, 0) is 16.0 Å². The van der Waals surface area contributed by atoms with Gasteiger partial charge in [-0.15, -0.1) is 0 Å². The molecule has 138 valence electrons. The highest BCUT2D eigenvalue weighted by Gasteiger charge is 2.14. The molecule has 0 unspecified atom stereocenters. The third-order valence-corrected chi connectivity index (χ3v) is 3.91. The standard InChI is InChI=1S/C20H20ClFO4/c1-2-7-14-8-3-4-11-17(14)25-18(23)12-6-13-19(24)26-20-15(21)9-5-10-16(20)22/h3-5,8-11H,2,6-7,12-13H2,1H3. The van der Waals surface area contributed by atoms with Gasteiger partial charge in [-0.1, -0.05) is 49.2 Å². The SMILES string of the molecule is CCCc1ccccc1OC(=O)CCCC(=O)Oc1c(F)cccc1Cl. The van der Waals surface area contributed by atoms with Crippen LogP contribution >= 0.6 is 11.6 Å². The Bertz CT molecular complexity index is 756. The van der Waals surface area contributed by atoms with Crippen LogP contribution in [-0.4, -0.2) is 11.9 Å². The van der Waals surface area contributed by atoms with Crippen molar-refractivity contribution >= 4 is 23.5 Å². The van der Waals surface area contributed by atoms with Crippen LogP contribution in [0.5, 0.6) is 11.5 Å². The number of rotatable bonds is 8. The molecule has 0 aliphatic carbocycles. The molecule has 0 heterocycles. The summed E-state index contributed by atoms with van der Waals surface area (Å²) in [6, 6.07) is 11.4. The van der Waals surface area contributed by atoms with Crippen LogP contribution in [0, 0.1) is 5.82 Å². The lowest BCUT2D eigenvalue weighted by molar-refractivity contribution is -0.136. The van der Waals surface area contributed by atoms with E-state index < -0.39 is 17.8 Å². The van der Waals surface area contributed by atoms with Gasteiger partial charge in [-0.05, 0) is 36.6 Å². The van der Waals surface area contributed by atoms with Crippen LogP contribution in [0.25, 0.3) is 0 Å². The number of hydrogen-bond donors (Lipinski definition) is 0. The fourth-order valence-electron chi connectivity index (χ4n) is 2.37. The molecule has 0 spiro atoms. The predicted octanol–water partition coefficient (Wildman–Crippen LogP) is 5.11. The molecule has 0 fully saturated rings. The zero-order valence-electron chi connectivity index (χ0n) is 14.5. The van der Waals surface area contributed by atoms with Gasteiger partial charge in [-0.2, -0.15) is 0 Å². The molecule has 4 nitrogen and oxygen atoms in total. The van der Waals surface area contributed by atoms with E-state index in [-0.39, 0.29) is 30.0 Å². The lowest BCUT2D eigenvalue weighted by atomic mass is 10.1.